The molecule has 0 saturated heterocycles. The molecule has 0 amide bonds. The van der Waals surface area contributed by atoms with Gasteiger partial charge in [-0.05, 0) is 68.5 Å². The van der Waals surface area contributed by atoms with Crippen molar-refractivity contribution in [3.05, 3.63) is 70.8 Å². The predicted molar refractivity (Wildman–Crippen MR) is 92.5 cm³/mol. The monoisotopic (exact) mass is 296 g/mol. The summed E-state index contributed by atoms with van der Waals surface area (Å²) in [7, 11) is 1.35. The van der Waals surface area contributed by atoms with Gasteiger partial charge in [0.1, 0.15) is 0 Å². The molecule has 5 rings (SSSR count). The van der Waals surface area contributed by atoms with Crippen LogP contribution in [0.2, 0.25) is 0 Å². The normalized spacial score (nSPS) is 29.7. The molecule has 0 unspecified atom stereocenters. The second kappa shape index (κ2) is 5.24. The largest absolute Gasteiger partial charge is 0.309 e. The van der Waals surface area contributed by atoms with Crippen LogP contribution >= 0.6 is 0 Å². The average molecular weight is 296 g/mol. The molecule has 0 fully saturated rings. The van der Waals surface area contributed by atoms with Crippen molar-refractivity contribution in [2.45, 2.75) is 37.0 Å². The smallest absolute Gasteiger partial charge is 0.0430 e. The van der Waals surface area contributed by atoms with Gasteiger partial charge in [-0.25, -0.2) is 0 Å². The maximum atomic E-state index is 8.38. The van der Waals surface area contributed by atoms with Gasteiger partial charge in [0.15, 0.2) is 0 Å². The Morgan fingerprint density at radius 2 is 1.77 bits per heavy atom. The first-order chi connectivity index (χ1) is 12.7. The van der Waals surface area contributed by atoms with E-state index < -0.39 is 13.5 Å². The second-order valence-electron chi connectivity index (χ2n) is 6.56. The standard InChI is InChI=1S/C21H25N/c1-22(2)15-7-13-21-14-12-16(17-8-3-5-10-19(17)21)18-9-4-6-11-20(18)21/h3-6,8-11,16H,7,12-15H2,1-2H3/i1D3,15D2. The van der Waals surface area contributed by atoms with E-state index in [0.29, 0.717) is 12.3 Å². The molecule has 3 aliphatic rings. The van der Waals surface area contributed by atoms with Gasteiger partial charge in [0.05, 0.1) is 0 Å². The molecule has 0 saturated carbocycles. The molecule has 0 N–H and O–H groups in total. The van der Waals surface area contributed by atoms with E-state index in [0.717, 1.165) is 17.7 Å². The van der Waals surface area contributed by atoms with Gasteiger partial charge >= 0.3 is 0 Å². The van der Waals surface area contributed by atoms with Gasteiger partial charge in [-0.3, -0.25) is 0 Å². The Kier molecular flexibility index (Phi) is 2.27. The SMILES string of the molecule is [2H]C([2H])([2H])N(C)C([2H])([2H])CCC12CCC(c3ccccc31)c1ccccc12. The summed E-state index contributed by atoms with van der Waals surface area (Å²) < 4.78 is 39.5. The van der Waals surface area contributed by atoms with Gasteiger partial charge < -0.3 is 4.90 Å². The lowest BCUT2D eigenvalue weighted by Gasteiger charge is -2.50. The fourth-order valence-electron chi connectivity index (χ4n) is 4.59. The lowest BCUT2D eigenvalue weighted by Crippen LogP contribution is -2.40. The van der Waals surface area contributed by atoms with Crippen molar-refractivity contribution >= 4 is 0 Å². The fraction of sp³-hybridized carbons (Fsp3) is 0.429. The van der Waals surface area contributed by atoms with Crippen molar-refractivity contribution in [2.24, 2.45) is 0 Å². The van der Waals surface area contributed by atoms with E-state index in [1.807, 2.05) is 0 Å². The van der Waals surface area contributed by atoms with E-state index in [1.54, 1.807) is 0 Å². The van der Waals surface area contributed by atoms with Crippen LogP contribution in [0.1, 0.15) is 60.7 Å². The first kappa shape index (κ1) is 9.52. The Bertz CT molecular complexity index is 810. The van der Waals surface area contributed by atoms with Crippen molar-refractivity contribution in [3.8, 4) is 0 Å². The molecule has 2 aromatic rings. The Morgan fingerprint density at radius 3 is 2.41 bits per heavy atom. The van der Waals surface area contributed by atoms with Gasteiger partial charge in [-0.15, -0.1) is 0 Å². The second-order valence-corrected chi connectivity index (χ2v) is 6.56. The minimum atomic E-state index is -2.44. The lowest BCUT2D eigenvalue weighted by molar-refractivity contribution is 0.313. The molecule has 1 heteroatoms. The minimum Gasteiger partial charge on any atom is -0.309 e. The fourth-order valence-corrected chi connectivity index (χ4v) is 4.59. The summed E-state index contributed by atoms with van der Waals surface area (Å²) in [6.45, 7) is -4.33. The van der Waals surface area contributed by atoms with Crippen LogP contribution in [0.3, 0.4) is 0 Å². The van der Waals surface area contributed by atoms with E-state index in [1.165, 1.54) is 29.3 Å². The van der Waals surface area contributed by atoms with Gasteiger partial charge in [0.25, 0.3) is 0 Å². The van der Waals surface area contributed by atoms with E-state index in [4.69, 9.17) is 6.85 Å². The van der Waals surface area contributed by atoms with E-state index in [2.05, 4.69) is 48.5 Å². The van der Waals surface area contributed by atoms with Crippen LogP contribution in [0.25, 0.3) is 0 Å². The van der Waals surface area contributed by atoms with Crippen LogP contribution in [0.4, 0.5) is 0 Å². The highest BCUT2D eigenvalue weighted by atomic mass is 15.0. The van der Waals surface area contributed by atoms with Crippen LogP contribution in [0.15, 0.2) is 48.5 Å². The van der Waals surface area contributed by atoms with Crippen molar-refractivity contribution in [1.29, 1.82) is 0 Å². The molecule has 0 heterocycles. The van der Waals surface area contributed by atoms with Crippen LogP contribution < -0.4 is 0 Å². The van der Waals surface area contributed by atoms with Crippen LogP contribution in [-0.4, -0.2) is 25.4 Å². The summed E-state index contributed by atoms with van der Waals surface area (Å²) in [4.78, 5) is 0.892. The molecule has 0 radical (unpaired) electrons. The summed E-state index contributed by atoms with van der Waals surface area (Å²) in [6, 6.07) is 17.1. The highest BCUT2D eigenvalue weighted by Gasteiger charge is 2.47. The highest BCUT2D eigenvalue weighted by molar-refractivity contribution is 5.58. The predicted octanol–water partition coefficient (Wildman–Crippen LogP) is 4.55. The zero-order valence-electron chi connectivity index (χ0n) is 18.0. The number of nitrogens with zero attached hydrogens (tertiary/aromatic N) is 1. The topological polar surface area (TPSA) is 3.24 Å². The molecule has 0 aromatic heterocycles. The van der Waals surface area contributed by atoms with Gasteiger partial charge in [-0.1, -0.05) is 48.5 Å². The third-order valence-corrected chi connectivity index (χ3v) is 5.46. The highest BCUT2D eigenvalue weighted by Crippen LogP contribution is 2.57. The van der Waals surface area contributed by atoms with Crippen molar-refractivity contribution < 1.29 is 6.85 Å². The average Bonchev–Trinajstić information content (AvgIpc) is 2.66. The van der Waals surface area contributed by atoms with Crippen molar-refractivity contribution in [3.63, 3.8) is 0 Å². The molecule has 0 aliphatic heterocycles. The minimum absolute atomic E-state index is 0.176. The molecule has 1 nitrogen and oxygen atoms in total. The molecule has 3 aliphatic carbocycles. The zero-order chi connectivity index (χ0) is 19.4. The third-order valence-electron chi connectivity index (χ3n) is 5.46. The van der Waals surface area contributed by atoms with Crippen LogP contribution in [0, 0.1) is 0 Å². The van der Waals surface area contributed by atoms with Crippen LogP contribution in [0.5, 0.6) is 0 Å². The van der Waals surface area contributed by atoms with Gasteiger partial charge in [0.2, 0.25) is 0 Å². The molecular weight excluding hydrogens is 266 g/mol. The Balaban J connectivity index is 1.74. The van der Waals surface area contributed by atoms with Crippen LogP contribution in [-0.2, 0) is 5.41 Å². The quantitative estimate of drug-likeness (QED) is 0.800. The summed E-state index contributed by atoms with van der Waals surface area (Å²) in [5, 5.41) is 0. The number of hydrogen-bond acceptors (Lipinski definition) is 1. The van der Waals surface area contributed by atoms with E-state index in [-0.39, 0.29) is 11.8 Å². The number of fused-ring (bicyclic) bond motifs is 1. The first-order valence-electron chi connectivity index (χ1n) is 10.6. The zero-order valence-corrected chi connectivity index (χ0v) is 13.0. The van der Waals surface area contributed by atoms with E-state index in [9.17, 15) is 0 Å². The molecular formula is C21H25N. The lowest BCUT2D eigenvalue weighted by atomic mass is 9.54. The molecule has 22 heavy (non-hydrogen) atoms. The summed E-state index contributed by atoms with van der Waals surface area (Å²) in [5.74, 6) is 0.418. The number of benzene rings is 2. The molecule has 114 valence electrons. The summed E-state index contributed by atoms with van der Waals surface area (Å²) >= 11 is 0. The summed E-state index contributed by atoms with van der Waals surface area (Å²) in [6.07, 6.45) is 2.82. The molecule has 2 bridgehead atoms. The molecule has 0 spiro atoms. The van der Waals surface area contributed by atoms with Gasteiger partial charge in [-0.2, -0.15) is 0 Å². The van der Waals surface area contributed by atoms with E-state index >= 15 is 0 Å². The third kappa shape index (κ3) is 1.95. The Morgan fingerprint density at radius 1 is 1.14 bits per heavy atom. The first-order valence-corrected chi connectivity index (χ1v) is 8.10. The van der Waals surface area contributed by atoms with Crippen molar-refractivity contribution in [2.75, 3.05) is 20.5 Å². The maximum absolute atomic E-state index is 8.38. The maximum Gasteiger partial charge on any atom is 0.0430 e. The number of hydrogen-bond donors (Lipinski definition) is 0. The summed E-state index contributed by atoms with van der Waals surface area (Å²) in [5.41, 5.74) is 5.07. The molecule has 2 aromatic carbocycles. The Hall–Kier alpha value is -1.60. The number of rotatable bonds is 4. The van der Waals surface area contributed by atoms with Crippen molar-refractivity contribution in [1.82, 2.24) is 4.90 Å². The Labute approximate surface area is 141 Å². The van der Waals surface area contributed by atoms with Gasteiger partial charge in [0, 0.05) is 18.2 Å². The molecule has 0 atom stereocenters.